The first-order valence-corrected chi connectivity index (χ1v) is 5.90. The molecule has 1 aromatic rings. The molecule has 0 N–H and O–H groups in total. The van der Waals surface area contributed by atoms with Gasteiger partial charge in [0, 0.05) is 19.2 Å². The van der Waals surface area contributed by atoms with Crippen LogP contribution < -0.4 is 9.47 Å². The molecular formula is C14H18N2O3. The minimum absolute atomic E-state index is 0.150. The zero-order valence-corrected chi connectivity index (χ0v) is 11.6. The Hall–Kier alpha value is -2.22. The highest BCUT2D eigenvalue weighted by Crippen LogP contribution is 2.27. The first kappa shape index (κ1) is 14.8. The van der Waals surface area contributed by atoms with E-state index in [1.54, 1.807) is 39.3 Å². The van der Waals surface area contributed by atoms with E-state index in [0.29, 0.717) is 23.6 Å². The molecule has 0 heterocycles. The molecule has 5 nitrogen and oxygen atoms in total. The van der Waals surface area contributed by atoms with Gasteiger partial charge in [-0.15, -0.1) is 0 Å². The van der Waals surface area contributed by atoms with E-state index >= 15 is 0 Å². The van der Waals surface area contributed by atoms with Crippen LogP contribution in [0, 0.1) is 17.2 Å². The van der Waals surface area contributed by atoms with Crippen molar-refractivity contribution in [3.8, 4) is 17.6 Å². The van der Waals surface area contributed by atoms with Gasteiger partial charge in [-0.3, -0.25) is 4.79 Å². The highest BCUT2D eigenvalue weighted by atomic mass is 16.5. The number of hydrogen-bond acceptors (Lipinski definition) is 4. The van der Waals surface area contributed by atoms with E-state index in [9.17, 15) is 4.79 Å². The highest BCUT2D eigenvalue weighted by molar-refractivity contribution is 5.94. The van der Waals surface area contributed by atoms with Crippen LogP contribution in [0.2, 0.25) is 0 Å². The fourth-order valence-corrected chi connectivity index (χ4v) is 1.72. The van der Waals surface area contributed by atoms with Gasteiger partial charge in [0.25, 0.3) is 5.91 Å². The third-order valence-electron chi connectivity index (χ3n) is 2.75. The number of amides is 1. The van der Waals surface area contributed by atoms with Gasteiger partial charge in [0.15, 0.2) is 11.5 Å². The molecule has 5 heteroatoms. The van der Waals surface area contributed by atoms with Crippen LogP contribution in [0.25, 0.3) is 0 Å². The lowest BCUT2D eigenvalue weighted by Gasteiger charge is -2.19. The normalized spacial score (nSPS) is 11.3. The van der Waals surface area contributed by atoms with Crippen molar-refractivity contribution < 1.29 is 14.3 Å². The minimum Gasteiger partial charge on any atom is -0.493 e. The third kappa shape index (κ3) is 3.62. The van der Waals surface area contributed by atoms with Crippen LogP contribution in [0.3, 0.4) is 0 Å². The average molecular weight is 262 g/mol. The predicted octanol–water partition coefficient (Wildman–Crippen LogP) is 1.94. The zero-order valence-electron chi connectivity index (χ0n) is 11.6. The molecule has 19 heavy (non-hydrogen) atoms. The smallest absolute Gasteiger partial charge is 0.253 e. The average Bonchev–Trinajstić information content (AvgIpc) is 2.45. The number of nitriles is 1. The number of nitrogens with zero attached hydrogens (tertiary/aromatic N) is 2. The lowest BCUT2D eigenvalue weighted by molar-refractivity contribution is 0.0784. The number of ether oxygens (including phenoxy) is 2. The van der Waals surface area contributed by atoms with Crippen LogP contribution >= 0.6 is 0 Å². The van der Waals surface area contributed by atoms with Gasteiger partial charge in [-0.1, -0.05) is 0 Å². The minimum atomic E-state index is -0.200. The van der Waals surface area contributed by atoms with Crippen LogP contribution in [0.1, 0.15) is 17.3 Å². The topological polar surface area (TPSA) is 62.6 Å². The summed E-state index contributed by atoms with van der Waals surface area (Å²) in [5.41, 5.74) is 0.505. The lowest BCUT2D eigenvalue weighted by atomic mass is 10.1. The first-order valence-electron chi connectivity index (χ1n) is 5.90. The predicted molar refractivity (Wildman–Crippen MR) is 71.3 cm³/mol. The number of carbonyl (C=O) groups excluding carboxylic acids is 1. The van der Waals surface area contributed by atoms with E-state index in [2.05, 4.69) is 6.07 Å². The number of benzene rings is 1. The van der Waals surface area contributed by atoms with Gasteiger partial charge in [-0.2, -0.15) is 5.26 Å². The van der Waals surface area contributed by atoms with Crippen LogP contribution in [0.4, 0.5) is 0 Å². The zero-order chi connectivity index (χ0) is 14.4. The first-order chi connectivity index (χ1) is 9.03. The van der Waals surface area contributed by atoms with Gasteiger partial charge in [-0.25, -0.2) is 0 Å². The molecule has 0 saturated heterocycles. The highest BCUT2D eigenvalue weighted by Gasteiger charge is 2.16. The maximum atomic E-state index is 12.2. The van der Waals surface area contributed by atoms with Crippen LogP contribution in [-0.2, 0) is 0 Å². The SMILES string of the molecule is COc1ccc(C(=O)N(C)CC(C)C#N)cc1OC. The molecule has 0 aliphatic carbocycles. The Kier molecular flexibility index (Phi) is 5.19. The summed E-state index contributed by atoms with van der Waals surface area (Å²) in [5, 5.41) is 8.76. The maximum Gasteiger partial charge on any atom is 0.253 e. The second-order valence-corrected chi connectivity index (χ2v) is 4.29. The molecule has 1 rings (SSSR count). The second-order valence-electron chi connectivity index (χ2n) is 4.29. The Labute approximate surface area is 113 Å². The van der Waals surface area contributed by atoms with Crippen LogP contribution in [-0.4, -0.2) is 38.6 Å². The van der Waals surface area contributed by atoms with Gasteiger partial charge >= 0.3 is 0 Å². The van der Waals surface area contributed by atoms with E-state index in [1.165, 1.54) is 12.0 Å². The van der Waals surface area contributed by atoms with Gasteiger partial charge in [0.2, 0.25) is 0 Å². The molecule has 0 bridgehead atoms. The van der Waals surface area contributed by atoms with Crippen molar-refractivity contribution in [2.75, 3.05) is 27.8 Å². The summed E-state index contributed by atoms with van der Waals surface area (Å²) in [7, 11) is 4.74. The molecule has 1 aromatic carbocycles. The van der Waals surface area contributed by atoms with Crippen molar-refractivity contribution in [3.05, 3.63) is 23.8 Å². The largest absolute Gasteiger partial charge is 0.493 e. The number of carbonyl (C=O) groups is 1. The number of methoxy groups -OCH3 is 2. The molecule has 0 aliphatic heterocycles. The molecule has 0 aliphatic rings. The Morgan fingerprint density at radius 2 is 2.00 bits per heavy atom. The number of hydrogen-bond donors (Lipinski definition) is 0. The molecule has 1 atom stereocenters. The summed E-state index contributed by atoms with van der Waals surface area (Å²) in [4.78, 5) is 13.7. The van der Waals surface area contributed by atoms with Crippen LogP contribution in [0.5, 0.6) is 11.5 Å². The fraction of sp³-hybridized carbons (Fsp3) is 0.429. The molecule has 0 spiro atoms. The monoisotopic (exact) mass is 262 g/mol. The summed E-state index contributed by atoms with van der Waals surface area (Å²) in [6.45, 7) is 2.17. The summed E-state index contributed by atoms with van der Waals surface area (Å²) in [6, 6.07) is 7.10. The van der Waals surface area contributed by atoms with E-state index in [4.69, 9.17) is 14.7 Å². The van der Waals surface area contributed by atoms with E-state index in [-0.39, 0.29) is 11.8 Å². The van der Waals surface area contributed by atoms with Gasteiger partial charge < -0.3 is 14.4 Å². The molecular weight excluding hydrogens is 244 g/mol. The molecule has 102 valence electrons. The molecule has 0 radical (unpaired) electrons. The quantitative estimate of drug-likeness (QED) is 0.813. The molecule has 0 aromatic heterocycles. The van der Waals surface area contributed by atoms with Crippen LogP contribution in [0.15, 0.2) is 18.2 Å². The van der Waals surface area contributed by atoms with Crippen molar-refractivity contribution in [3.63, 3.8) is 0 Å². The lowest BCUT2D eigenvalue weighted by Crippen LogP contribution is -2.30. The van der Waals surface area contributed by atoms with Crippen molar-refractivity contribution in [1.29, 1.82) is 5.26 Å². The third-order valence-corrected chi connectivity index (χ3v) is 2.75. The van der Waals surface area contributed by atoms with Gasteiger partial charge in [0.05, 0.1) is 26.2 Å². The van der Waals surface area contributed by atoms with E-state index in [1.807, 2.05) is 0 Å². The Bertz CT molecular complexity index is 494. The Morgan fingerprint density at radius 1 is 1.37 bits per heavy atom. The van der Waals surface area contributed by atoms with Gasteiger partial charge in [-0.05, 0) is 25.1 Å². The summed E-state index contributed by atoms with van der Waals surface area (Å²) in [5.74, 6) is 0.735. The van der Waals surface area contributed by atoms with Crippen molar-refractivity contribution in [1.82, 2.24) is 4.90 Å². The number of rotatable bonds is 5. The maximum absolute atomic E-state index is 12.2. The second kappa shape index (κ2) is 6.64. The van der Waals surface area contributed by atoms with Crippen molar-refractivity contribution >= 4 is 5.91 Å². The standard InChI is InChI=1S/C14H18N2O3/c1-10(8-15)9-16(2)14(17)11-5-6-12(18-3)13(7-11)19-4/h5-7,10H,9H2,1-4H3. The Balaban J connectivity index is 2.91. The Morgan fingerprint density at radius 3 is 2.53 bits per heavy atom. The molecule has 1 amide bonds. The summed E-state index contributed by atoms with van der Waals surface area (Å²) >= 11 is 0. The van der Waals surface area contributed by atoms with Gasteiger partial charge in [0.1, 0.15) is 0 Å². The molecule has 0 saturated carbocycles. The van der Waals surface area contributed by atoms with E-state index in [0.717, 1.165) is 0 Å². The van der Waals surface area contributed by atoms with Crippen molar-refractivity contribution in [2.45, 2.75) is 6.92 Å². The van der Waals surface area contributed by atoms with Crippen molar-refractivity contribution in [2.24, 2.45) is 5.92 Å². The summed E-state index contributed by atoms with van der Waals surface area (Å²) < 4.78 is 10.3. The molecule has 1 unspecified atom stereocenters. The summed E-state index contributed by atoms with van der Waals surface area (Å²) in [6.07, 6.45) is 0. The van der Waals surface area contributed by atoms with E-state index < -0.39 is 0 Å². The molecule has 0 fully saturated rings. The fourth-order valence-electron chi connectivity index (χ4n) is 1.72.